The second-order valence-corrected chi connectivity index (χ2v) is 2.83. The highest BCUT2D eigenvalue weighted by molar-refractivity contribution is 14.1. The fourth-order valence-corrected chi connectivity index (χ4v) is 0.778. The number of rotatable bonds is 0. The summed E-state index contributed by atoms with van der Waals surface area (Å²) in [4.78, 5) is 0. The van der Waals surface area contributed by atoms with Gasteiger partial charge in [-0.15, -0.1) is 0 Å². The zero-order chi connectivity index (χ0) is 6.15. The molecule has 0 saturated heterocycles. The van der Waals surface area contributed by atoms with Crippen LogP contribution in [0.2, 0.25) is 0 Å². The molecule has 0 spiro atoms. The predicted molar refractivity (Wildman–Crippen MR) is 44.2 cm³/mol. The zero-order valence-electron chi connectivity index (χ0n) is 4.83. The molecule has 1 heterocycles. The largest absolute Gasteiger partial charge is 0.282 e. The molecule has 0 radical (unpaired) electrons. The summed E-state index contributed by atoms with van der Waals surface area (Å²) in [5, 5.41) is 6.86. The molecule has 1 rings (SSSR count). The Kier molecular flexibility index (Phi) is 1.60. The van der Waals surface area contributed by atoms with Gasteiger partial charge >= 0.3 is 0 Å². The molecule has 0 atom stereocenters. The van der Waals surface area contributed by atoms with Gasteiger partial charge in [0.25, 0.3) is 0 Å². The van der Waals surface area contributed by atoms with Gasteiger partial charge in [0.1, 0.15) is 0 Å². The molecule has 0 unspecified atom stereocenters. The number of aromatic amines is 1. The molecule has 0 bridgehead atoms. The minimum atomic E-state index is 1.09. The Hall–Kier alpha value is 0.00494. The highest BCUT2D eigenvalue weighted by Crippen LogP contribution is 2.01. The average Bonchev–Trinajstić information content (AvgIpc) is 1.98. The van der Waals surface area contributed by atoms with Gasteiger partial charge in [0.2, 0.25) is 0 Å². The van der Waals surface area contributed by atoms with Crippen LogP contribution in [0.15, 0.2) is 0 Å². The molecule has 0 fully saturated rings. The molecule has 0 aliphatic heterocycles. The van der Waals surface area contributed by atoms with Gasteiger partial charge in [-0.2, -0.15) is 5.10 Å². The van der Waals surface area contributed by atoms with Crippen LogP contribution in [-0.4, -0.2) is 18.0 Å². The number of aromatic nitrogens is 2. The van der Waals surface area contributed by atoms with Crippen LogP contribution < -0.4 is 5.59 Å². The first-order valence-corrected chi connectivity index (χ1v) is 3.46. The van der Waals surface area contributed by atoms with E-state index in [0.29, 0.717) is 0 Å². The smallest absolute Gasteiger partial charge is 0.167 e. The standard InChI is InChI=1S/C4H6BIN2/c1-2-3(6)4(5)8-7-2/h5H2,1H3,(H,7,8). The number of halogens is 1. The zero-order valence-corrected chi connectivity index (χ0v) is 6.98. The SMILES string of the molecule is Bc1n[nH]c(C)c1I. The number of aryl methyl sites for hydroxylation is 1. The summed E-state index contributed by atoms with van der Waals surface area (Å²) in [7, 11) is 1.99. The molecule has 42 valence electrons. The molecular weight excluding hydrogens is 214 g/mol. The molecule has 8 heavy (non-hydrogen) atoms. The van der Waals surface area contributed by atoms with E-state index < -0.39 is 0 Å². The Morgan fingerprint density at radius 3 is 2.50 bits per heavy atom. The van der Waals surface area contributed by atoms with E-state index in [0.717, 1.165) is 11.3 Å². The Morgan fingerprint density at radius 2 is 2.38 bits per heavy atom. The van der Waals surface area contributed by atoms with E-state index >= 15 is 0 Å². The van der Waals surface area contributed by atoms with Crippen molar-refractivity contribution in [2.24, 2.45) is 0 Å². The van der Waals surface area contributed by atoms with Crippen molar-refractivity contribution in [1.29, 1.82) is 0 Å². The summed E-state index contributed by atoms with van der Waals surface area (Å²) < 4.78 is 1.24. The first-order valence-electron chi connectivity index (χ1n) is 2.39. The minimum absolute atomic E-state index is 1.09. The topological polar surface area (TPSA) is 28.7 Å². The van der Waals surface area contributed by atoms with Crippen LogP contribution >= 0.6 is 22.6 Å². The maximum Gasteiger partial charge on any atom is 0.167 e. The molecule has 0 saturated carbocycles. The third-order valence-corrected chi connectivity index (χ3v) is 2.63. The van der Waals surface area contributed by atoms with E-state index in [-0.39, 0.29) is 0 Å². The Balaban J connectivity index is 3.19. The van der Waals surface area contributed by atoms with Gasteiger partial charge in [0.15, 0.2) is 7.85 Å². The van der Waals surface area contributed by atoms with Crippen molar-refractivity contribution < 1.29 is 0 Å². The lowest BCUT2D eigenvalue weighted by molar-refractivity contribution is 1.06. The van der Waals surface area contributed by atoms with Gasteiger partial charge < -0.3 is 0 Å². The van der Waals surface area contributed by atoms with Crippen molar-refractivity contribution in [2.45, 2.75) is 6.92 Å². The van der Waals surface area contributed by atoms with Gasteiger partial charge in [0.05, 0.1) is 0 Å². The summed E-state index contributed by atoms with van der Waals surface area (Å²) >= 11 is 2.27. The van der Waals surface area contributed by atoms with Gasteiger partial charge in [-0.1, -0.05) is 0 Å². The highest BCUT2D eigenvalue weighted by Gasteiger charge is 1.98. The van der Waals surface area contributed by atoms with Crippen molar-refractivity contribution in [3.8, 4) is 0 Å². The Bertz CT molecular complexity index is 176. The number of H-pyrrole nitrogens is 1. The Morgan fingerprint density at radius 1 is 1.75 bits per heavy atom. The summed E-state index contributed by atoms with van der Waals surface area (Å²) in [6, 6.07) is 0. The molecule has 2 nitrogen and oxygen atoms in total. The lowest BCUT2D eigenvalue weighted by atomic mass is 10.1. The molecule has 1 aromatic heterocycles. The summed E-state index contributed by atoms with van der Waals surface area (Å²) in [6.45, 7) is 2.02. The lowest BCUT2D eigenvalue weighted by Gasteiger charge is -1.81. The van der Waals surface area contributed by atoms with Crippen LogP contribution in [0.4, 0.5) is 0 Å². The average molecular weight is 220 g/mol. The molecule has 0 aromatic carbocycles. The maximum atomic E-state index is 3.98. The third kappa shape index (κ3) is 0.889. The van der Waals surface area contributed by atoms with Crippen LogP contribution in [-0.2, 0) is 0 Å². The number of nitrogens with zero attached hydrogens (tertiary/aromatic N) is 1. The quantitative estimate of drug-likeness (QED) is 0.466. The summed E-state index contributed by atoms with van der Waals surface area (Å²) in [5.74, 6) is 0. The van der Waals surface area contributed by atoms with Crippen molar-refractivity contribution in [3.05, 3.63) is 9.26 Å². The van der Waals surface area contributed by atoms with E-state index in [1.807, 2.05) is 14.8 Å². The van der Waals surface area contributed by atoms with Crippen LogP contribution in [0.1, 0.15) is 5.69 Å². The van der Waals surface area contributed by atoms with Gasteiger partial charge in [0, 0.05) is 14.9 Å². The minimum Gasteiger partial charge on any atom is -0.282 e. The summed E-state index contributed by atoms with van der Waals surface area (Å²) in [6.07, 6.45) is 0. The van der Waals surface area contributed by atoms with Crippen molar-refractivity contribution >= 4 is 36.0 Å². The Labute approximate surface area is 62.6 Å². The van der Waals surface area contributed by atoms with Crippen molar-refractivity contribution in [3.63, 3.8) is 0 Å². The normalized spacial score (nSPS) is 9.75. The second-order valence-electron chi connectivity index (χ2n) is 1.75. The molecule has 1 N–H and O–H groups in total. The second kappa shape index (κ2) is 2.09. The maximum absolute atomic E-state index is 3.98. The van der Waals surface area contributed by atoms with E-state index in [1.165, 1.54) is 3.57 Å². The molecule has 1 aromatic rings. The number of nitrogens with one attached hydrogen (secondary N) is 1. The van der Waals surface area contributed by atoms with Gasteiger partial charge in [-0.3, -0.25) is 5.10 Å². The number of hydrogen-bond acceptors (Lipinski definition) is 1. The molecule has 4 heteroatoms. The van der Waals surface area contributed by atoms with Crippen molar-refractivity contribution in [2.75, 3.05) is 0 Å². The molecule has 0 amide bonds. The summed E-state index contributed by atoms with van der Waals surface area (Å²) in [5.41, 5.74) is 2.24. The fraction of sp³-hybridized carbons (Fsp3) is 0.250. The van der Waals surface area contributed by atoms with Crippen LogP contribution in [0.3, 0.4) is 0 Å². The first kappa shape index (κ1) is 6.13. The predicted octanol–water partition coefficient (Wildman–Crippen LogP) is -0.419. The lowest BCUT2D eigenvalue weighted by Crippen LogP contribution is -2.05. The van der Waals surface area contributed by atoms with Crippen LogP contribution in [0, 0.1) is 10.5 Å². The van der Waals surface area contributed by atoms with Crippen molar-refractivity contribution in [1.82, 2.24) is 10.2 Å². The third-order valence-electron chi connectivity index (χ3n) is 1.04. The molecule has 0 aliphatic rings. The van der Waals surface area contributed by atoms with Gasteiger partial charge in [-0.05, 0) is 29.5 Å². The number of hydrogen-bond donors (Lipinski definition) is 1. The first-order chi connectivity index (χ1) is 3.72. The monoisotopic (exact) mass is 220 g/mol. The highest BCUT2D eigenvalue weighted by atomic mass is 127. The molecular formula is C4H6BIN2. The van der Waals surface area contributed by atoms with Gasteiger partial charge in [-0.25, -0.2) is 0 Å². The fourth-order valence-electron chi connectivity index (χ4n) is 0.537. The van der Waals surface area contributed by atoms with E-state index in [4.69, 9.17) is 0 Å². The van der Waals surface area contributed by atoms with E-state index in [9.17, 15) is 0 Å². The van der Waals surface area contributed by atoms with E-state index in [1.54, 1.807) is 0 Å². The van der Waals surface area contributed by atoms with E-state index in [2.05, 4.69) is 32.8 Å². The van der Waals surface area contributed by atoms with Crippen LogP contribution in [0.25, 0.3) is 0 Å². The van der Waals surface area contributed by atoms with Crippen LogP contribution in [0.5, 0.6) is 0 Å². The molecule has 0 aliphatic carbocycles.